The van der Waals surface area contributed by atoms with E-state index in [1.165, 1.54) is 11.1 Å². The highest BCUT2D eigenvalue weighted by Gasteiger charge is 2.26. The van der Waals surface area contributed by atoms with Crippen molar-refractivity contribution in [3.05, 3.63) is 117 Å². The molecular weight excluding hydrogens is 559 g/mol. The average molecular weight is 603 g/mol. The SMILES string of the molecule is CCc1cc(O)ccc1CCc1ccc(OP(=O)(O)Oc2ccc(CCc3ccc(O)cc3CC)c(CC)c2)cc1CC. The monoisotopic (exact) mass is 602 g/mol. The van der Waals surface area contributed by atoms with E-state index < -0.39 is 7.82 Å². The van der Waals surface area contributed by atoms with Crippen LogP contribution >= 0.6 is 7.82 Å². The van der Waals surface area contributed by atoms with Crippen LogP contribution in [0.4, 0.5) is 0 Å². The van der Waals surface area contributed by atoms with Crippen molar-refractivity contribution in [3.63, 3.8) is 0 Å². The minimum atomic E-state index is -4.43. The number of hydrogen-bond donors (Lipinski definition) is 3. The van der Waals surface area contributed by atoms with Gasteiger partial charge in [0.2, 0.25) is 0 Å². The number of phenolic OH excluding ortho intramolecular Hbond substituents is 2. The highest BCUT2D eigenvalue weighted by molar-refractivity contribution is 7.48. The first-order valence-corrected chi connectivity index (χ1v) is 16.7. The van der Waals surface area contributed by atoms with Gasteiger partial charge in [0.15, 0.2) is 0 Å². The maximum absolute atomic E-state index is 13.0. The van der Waals surface area contributed by atoms with Gasteiger partial charge in [0.05, 0.1) is 0 Å². The van der Waals surface area contributed by atoms with Gasteiger partial charge in [0.1, 0.15) is 23.0 Å². The summed E-state index contributed by atoms with van der Waals surface area (Å²) in [4.78, 5) is 10.6. The molecule has 4 rings (SSSR count). The van der Waals surface area contributed by atoms with Gasteiger partial charge >= 0.3 is 7.82 Å². The van der Waals surface area contributed by atoms with Gasteiger partial charge in [0, 0.05) is 0 Å². The Bertz CT molecular complexity index is 1480. The highest BCUT2D eigenvalue weighted by Crippen LogP contribution is 2.45. The van der Waals surface area contributed by atoms with E-state index in [-0.39, 0.29) is 11.5 Å². The molecule has 0 atom stereocenters. The molecule has 0 saturated carbocycles. The first-order valence-electron chi connectivity index (χ1n) is 15.2. The summed E-state index contributed by atoms with van der Waals surface area (Å²) in [7, 11) is -4.43. The number of hydrogen-bond acceptors (Lipinski definition) is 5. The third-order valence-corrected chi connectivity index (χ3v) is 8.91. The Labute approximate surface area is 255 Å². The molecule has 4 aromatic carbocycles. The van der Waals surface area contributed by atoms with E-state index in [0.29, 0.717) is 11.5 Å². The lowest BCUT2D eigenvalue weighted by Crippen LogP contribution is -2.04. The summed E-state index contributed by atoms with van der Waals surface area (Å²) in [5.41, 5.74) is 9.09. The summed E-state index contributed by atoms with van der Waals surface area (Å²) in [6.07, 6.45) is 6.51. The van der Waals surface area contributed by atoms with Crippen molar-refractivity contribution < 1.29 is 28.7 Å². The number of phosphoric acid groups is 1. The van der Waals surface area contributed by atoms with E-state index in [2.05, 4.69) is 13.8 Å². The second-order valence-corrected chi connectivity index (χ2v) is 12.1. The lowest BCUT2D eigenvalue weighted by Gasteiger charge is -2.17. The van der Waals surface area contributed by atoms with Gasteiger partial charge in [-0.1, -0.05) is 52.0 Å². The molecule has 0 aliphatic heterocycles. The summed E-state index contributed by atoms with van der Waals surface area (Å²) in [6, 6.07) is 22.0. The van der Waals surface area contributed by atoms with E-state index in [1.54, 1.807) is 24.3 Å². The molecule has 0 amide bonds. The molecular formula is C36H43O6P. The molecule has 228 valence electrons. The van der Waals surface area contributed by atoms with E-state index in [4.69, 9.17) is 9.05 Å². The number of phosphoric ester groups is 1. The van der Waals surface area contributed by atoms with Crippen LogP contribution in [0, 0.1) is 0 Å². The number of aromatic hydroxyl groups is 2. The van der Waals surface area contributed by atoms with Gasteiger partial charge in [-0.3, -0.25) is 4.89 Å². The first kappa shape index (κ1) is 32.2. The smallest absolute Gasteiger partial charge is 0.508 e. The van der Waals surface area contributed by atoms with Crippen LogP contribution in [0.1, 0.15) is 72.2 Å². The van der Waals surface area contributed by atoms with Gasteiger partial charge < -0.3 is 19.3 Å². The summed E-state index contributed by atoms with van der Waals surface area (Å²) < 4.78 is 24.0. The van der Waals surface area contributed by atoms with Crippen LogP contribution < -0.4 is 9.05 Å². The fraction of sp³-hybridized carbons (Fsp3) is 0.333. The molecule has 3 N–H and O–H groups in total. The fourth-order valence-corrected chi connectivity index (χ4v) is 6.46. The van der Waals surface area contributed by atoms with Crippen LogP contribution in [0.3, 0.4) is 0 Å². The zero-order valence-electron chi connectivity index (χ0n) is 25.6. The molecule has 0 saturated heterocycles. The van der Waals surface area contributed by atoms with Crippen LogP contribution in [0.25, 0.3) is 0 Å². The fourth-order valence-electron chi connectivity index (χ4n) is 5.66. The Kier molecular flexibility index (Phi) is 11.0. The number of phenols is 2. The zero-order valence-corrected chi connectivity index (χ0v) is 26.5. The molecule has 0 bridgehead atoms. The summed E-state index contributed by atoms with van der Waals surface area (Å²) >= 11 is 0. The minimum absolute atomic E-state index is 0.282. The van der Waals surface area contributed by atoms with Crippen LogP contribution in [0.2, 0.25) is 0 Å². The molecule has 0 unspecified atom stereocenters. The summed E-state index contributed by atoms with van der Waals surface area (Å²) in [6.45, 7) is 8.26. The molecule has 0 aliphatic carbocycles. The largest absolute Gasteiger partial charge is 0.584 e. The molecule has 4 aromatic rings. The second-order valence-electron chi connectivity index (χ2n) is 10.8. The zero-order chi connectivity index (χ0) is 31.0. The Morgan fingerprint density at radius 2 is 0.791 bits per heavy atom. The van der Waals surface area contributed by atoms with Gasteiger partial charge in [-0.15, -0.1) is 0 Å². The Morgan fingerprint density at radius 3 is 1.12 bits per heavy atom. The second kappa shape index (κ2) is 14.6. The maximum Gasteiger partial charge on any atom is 0.584 e. The number of aryl methyl sites for hydroxylation is 8. The van der Waals surface area contributed by atoms with E-state index in [1.807, 2.05) is 62.4 Å². The van der Waals surface area contributed by atoms with Crippen LogP contribution in [0.15, 0.2) is 72.8 Å². The van der Waals surface area contributed by atoms with Crippen molar-refractivity contribution in [2.75, 3.05) is 0 Å². The standard InChI is InChI=1S/C36H43O6P/c1-5-25-21-33(37)17-13-29(25)9-11-31-15-19-35(23-27(31)7-3)41-43(39,40)42-36-20-16-32(28(8-4)24-36)12-10-30-14-18-34(38)22-26(30)6-2/h13-24,37-38H,5-12H2,1-4H3,(H,39,40). The van der Waals surface area contributed by atoms with Crippen molar-refractivity contribution in [2.45, 2.75) is 79.1 Å². The van der Waals surface area contributed by atoms with Crippen molar-refractivity contribution in [1.29, 1.82) is 0 Å². The lowest BCUT2D eigenvalue weighted by atomic mass is 9.95. The van der Waals surface area contributed by atoms with Crippen molar-refractivity contribution >= 4 is 7.82 Å². The van der Waals surface area contributed by atoms with E-state index >= 15 is 0 Å². The van der Waals surface area contributed by atoms with Gasteiger partial charge in [0.25, 0.3) is 0 Å². The molecule has 0 heterocycles. The van der Waals surface area contributed by atoms with Crippen molar-refractivity contribution in [3.8, 4) is 23.0 Å². The maximum atomic E-state index is 13.0. The summed E-state index contributed by atoms with van der Waals surface area (Å²) in [5.74, 6) is 1.14. The predicted molar refractivity (Wildman–Crippen MR) is 173 cm³/mol. The molecule has 0 aromatic heterocycles. The van der Waals surface area contributed by atoms with Crippen LogP contribution in [0.5, 0.6) is 23.0 Å². The molecule has 0 radical (unpaired) electrons. The number of benzene rings is 4. The Balaban J connectivity index is 1.41. The third kappa shape index (κ3) is 8.65. The lowest BCUT2D eigenvalue weighted by molar-refractivity contribution is 0.290. The molecule has 0 aliphatic rings. The highest BCUT2D eigenvalue weighted by atomic mass is 31.2. The Morgan fingerprint density at radius 1 is 0.488 bits per heavy atom. The van der Waals surface area contributed by atoms with Crippen molar-refractivity contribution in [2.24, 2.45) is 0 Å². The molecule has 0 spiro atoms. The van der Waals surface area contributed by atoms with E-state index in [9.17, 15) is 19.7 Å². The quantitative estimate of drug-likeness (QED) is 0.125. The van der Waals surface area contributed by atoms with Gasteiger partial charge in [-0.25, -0.2) is 4.57 Å². The first-order chi connectivity index (χ1) is 20.6. The van der Waals surface area contributed by atoms with E-state index in [0.717, 1.165) is 84.7 Å². The minimum Gasteiger partial charge on any atom is -0.508 e. The van der Waals surface area contributed by atoms with Crippen molar-refractivity contribution in [1.82, 2.24) is 0 Å². The summed E-state index contributed by atoms with van der Waals surface area (Å²) in [5, 5.41) is 19.6. The third-order valence-electron chi connectivity index (χ3n) is 8.03. The number of rotatable bonds is 14. The molecule has 6 nitrogen and oxygen atoms in total. The normalized spacial score (nSPS) is 11.5. The predicted octanol–water partition coefficient (Wildman–Crippen LogP) is 8.48. The molecule has 43 heavy (non-hydrogen) atoms. The molecule has 7 heteroatoms. The topological polar surface area (TPSA) is 96.2 Å². The van der Waals surface area contributed by atoms with Gasteiger partial charge in [-0.05, 0) is 144 Å². The Hall–Kier alpha value is -3.73. The average Bonchev–Trinajstić information content (AvgIpc) is 2.99. The van der Waals surface area contributed by atoms with Crippen LogP contribution in [-0.4, -0.2) is 15.1 Å². The molecule has 0 fully saturated rings. The van der Waals surface area contributed by atoms with Crippen LogP contribution in [-0.2, 0) is 55.9 Å². The van der Waals surface area contributed by atoms with Gasteiger partial charge in [-0.2, -0.15) is 0 Å².